The number of carbonyl (C=O) groups excluding carboxylic acids is 1. The van der Waals surface area contributed by atoms with Crippen LogP contribution in [0.25, 0.3) is 10.8 Å². The molecule has 0 aliphatic heterocycles. The number of carboxylic acids is 1. The third-order valence-electron chi connectivity index (χ3n) is 5.54. The summed E-state index contributed by atoms with van der Waals surface area (Å²) in [4.78, 5) is 23.6. The molecular formula is C27H19F3O7. The van der Waals surface area contributed by atoms with Crippen LogP contribution in [-0.4, -0.2) is 33.6 Å². The second-order valence-corrected chi connectivity index (χ2v) is 8.11. The van der Waals surface area contributed by atoms with E-state index in [1.807, 2.05) is 0 Å². The van der Waals surface area contributed by atoms with Crippen molar-refractivity contribution in [3.05, 3.63) is 101 Å². The largest absolute Gasteiger partial charge is 0.573 e. The van der Waals surface area contributed by atoms with Crippen LogP contribution in [0.5, 0.6) is 17.2 Å². The number of carboxylic acid groups (broad SMARTS) is 1. The Morgan fingerprint density at radius 2 is 1.43 bits per heavy atom. The first-order valence-electron chi connectivity index (χ1n) is 10.8. The number of benzene rings is 4. The Bertz CT molecular complexity index is 1460. The maximum Gasteiger partial charge on any atom is 0.573 e. The van der Waals surface area contributed by atoms with Gasteiger partial charge in [0.15, 0.2) is 0 Å². The van der Waals surface area contributed by atoms with Gasteiger partial charge in [0.25, 0.3) is 0 Å². The average Bonchev–Trinajstić information content (AvgIpc) is 2.85. The second kappa shape index (κ2) is 10.1. The van der Waals surface area contributed by atoms with Crippen LogP contribution in [0.4, 0.5) is 13.2 Å². The molecule has 0 bridgehead atoms. The lowest BCUT2D eigenvalue weighted by Crippen LogP contribution is -2.17. The minimum absolute atomic E-state index is 0.101. The molecule has 10 heteroatoms. The summed E-state index contributed by atoms with van der Waals surface area (Å²) in [6, 6.07) is 16.7. The second-order valence-electron chi connectivity index (χ2n) is 8.11. The van der Waals surface area contributed by atoms with E-state index < -0.39 is 24.1 Å². The molecule has 0 atom stereocenters. The Morgan fingerprint density at radius 1 is 0.811 bits per heavy atom. The highest BCUT2D eigenvalue weighted by molar-refractivity contribution is 5.98. The van der Waals surface area contributed by atoms with Gasteiger partial charge in [-0.25, -0.2) is 9.59 Å². The molecule has 0 radical (unpaired) electrons. The fourth-order valence-corrected chi connectivity index (χ4v) is 3.70. The SMILES string of the molecule is O=C(O)c1ccc(Cc2c(O)cc3ccc(C(=O)OCc4ccc(OC(F)(F)F)cc4)cc3c2O)cc1. The van der Waals surface area contributed by atoms with Gasteiger partial charge in [-0.3, -0.25) is 0 Å². The van der Waals surface area contributed by atoms with Gasteiger partial charge in [0.05, 0.1) is 11.1 Å². The topological polar surface area (TPSA) is 113 Å². The lowest BCUT2D eigenvalue weighted by Gasteiger charge is -2.12. The van der Waals surface area contributed by atoms with Crippen LogP contribution in [0.3, 0.4) is 0 Å². The monoisotopic (exact) mass is 512 g/mol. The van der Waals surface area contributed by atoms with E-state index in [4.69, 9.17) is 9.84 Å². The molecule has 4 aromatic carbocycles. The van der Waals surface area contributed by atoms with E-state index in [-0.39, 0.29) is 46.6 Å². The van der Waals surface area contributed by atoms with Crippen LogP contribution in [0.2, 0.25) is 0 Å². The summed E-state index contributed by atoms with van der Waals surface area (Å²) in [7, 11) is 0. The van der Waals surface area contributed by atoms with Crippen molar-refractivity contribution in [3.63, 3.8) is 0 Å². The van der Waals surface area contributed by atoms with Crippen LogP contribution in [0.15, 0.2) is 72.8 Å². The number of carbonyl (C=O) groups is 2. The molecule has 0 unspecified atom stereocenters. The molecule has 0 aromatic heterocycles. The Morgan fingerprint density at radius 3 is 2.05 bits per heavy atom. The van der Waals surface area contributed by atoms with Crippen molar-refractivity contribution < 1.29 is 47.6 Å². The molecule has 4 aromatic rings. The molecule has 3 N–H and O–H groups in total. The van der Waals surface area contributed by atoms with Gasteiger partial charge in [0.1, 0.15) is 23.9 Å². The Balaban J connectivity index is 1.51. The number of phenolic OH excluding ortho intramolecular Hbond substituents is 2. The maximum absolute atomic E-state index is 12.6. The van der Waals surface area contributed by atoms with Crippen LogP contribution in [0, 0.1) is 0 Å². The highest BCUT2D eigenvalue weighted by Gasteiger charge is 2.31. The molecule has 7 nitrogen and oxygen atoms in total. The highest BCUT2D eigenvalue weighted by atomic mass is 19.4. The number of fused-ring (bicyclic) bond motifs is 1. The molecule has 0 amide bonds. The highest BCUT2D eigenvalue weighted by Crippen LogP contribution is 2.37. The summed E-state index contributed by atoms with van der Waals surface area (Å²) >= 11 is 0. The average molecular weight is 512 g/mol. The first-order chi connectivity index (χ1) is 17.5. The summed E-state index contributed by atoms with van der Waals surface area (Å²) in [6.45, 7) is -0.206. The van der Waals surface area contributed by atoms with Gasteiger partial charge in [-0.2, -0.15) is 0 Å². The molecular weight excluding hydrogens is 493 g/mol. The minimum Gasteiger partial charge on any atom is -0.507 e. The third kappa shape index (κ3) is 6.10. The van der Waals surface area contributed by atoms with E-state index in [1.54, 1.807) is 12.1 Å². The fraction of sp³-hybridized carbons (Fsp3) is 0.111. The number of rotatable bonds is 7. The molecule has 0 heterocycles. The van der Waals surface area contributed by atoms with Crippen LogP contribution in [0.1, 0.15) is 37.4 Å². The van der Waals surface area contributed by atoms with Crippen LogP contribution in [-0.2, 0) is 17.8 Å². The Hall–Kier alpha value is -4.73. The van der Waals surface area contributed by atoms with Crippen molar-refractivity contribution in [3.8, 4) is 17.2 Å². The van der Waals surface area contributed by atoms with Gasteiger partial charge in [-0.1, -0.05) is 30.3 Å². The Labute approximate surface area is 207 Å². The molecule has 0 aliphatic rings. The number of esters is 1. The Kier molecular flexibility index (Phi) is 6.92. The number of alkyl halides is 3. The predicted octanol–water partition coefficient (Wildman–Crippen LogP) is 5.80. The van der Waals surface area contributed by atoms with Gasteiger partial charge in [-0.05, 0) is 59.0 Å². The molecule has 190 valence electrons. The summed E-state index contributed by atoms with van der Waals surface area (Å²) in [5.74, 6) is -2.61. The zero-order chi connectivity index (χ0) is 26.7. The lowest BCUT2D eigenvalue weighted by atomic mass is 9.97. The maximum atomic E-state index is 12.6. The molecule has 0 spiro atoms. The van der Waals surface area contributed by atoms with E-state index in [9.17, 15) is 33.0 Å². The number of hydrogen-bond acceptors (Lipinski definition) is 6. The number of aromatic carboxylic acids is 1. The molecule has 0 saturated carbocycles. The lowest BCUT2D eigenvalue weighted by molar-refractivity contribution is -0.274. The van der Waals surface area contributed by atoms with Crippen molar-refractivity contribution in [1.29, 1.82) is 0 Å². The predicted molar refractivity (Wildman–Crippen MR) is 126 cm³/mol. The number of ether oxygens (including phenoxy) is 2. The van der Waals surface area contributed by atoms with Crippen LogP contribution >= 0.6 is 0 Å². The number of aromatic hydroxyl groups is 2. The summed E-state index contributed by atoms with van der Waals surface area (Å²) in [5.41, 5.74) is 1.50. The number of halogens is 3. The van der Waals surface area contributed by atoms with E-state index in [2.05, 4.69) is 4.74 Å². The van der Waals surface area contributed by atoms with E-state index in [1.165, 1.54) is 48.5 Å². The summed E-state index contributed by atoms with van der Waals surface area (Å²) < 4.78 is 45.9. The van der Waals surface area contributed by atoms with Crippen molar-refractivity contribution >= 4 is 22.7 Å². The molecule has 4 rings (SSSR count). The third-order valence-corrected chi connectivity index (χ3v) is 5.54. The van der Waals surface area contributed by atoms with E-state index in [0.717, 1.165) is 12.1 Å². The molecule has 0 saturated heterocycles. The van der Waals surface area contributed by atoms with E-state index >= 15 is 0 Å². The van der Waals surface area contributed by atoms with Crippen molar-refractivity contribution in [2.45, 2.75) is 19.4 Å². The van der Waals surface area contributed by atoms with Crippen molar-refractivity contribution in [2.24, 2.45) is 0 Å². The number of phenols is 2. The first-order valence-corrected chi connectivity index (χ1v) is 10.8. The zero-order valence-electron chi connectivity index (χ0n) is 19.0. The van der Waals surface area contributed by atoms with Crippen molar-refractivity contribution in [2.75, 3.05) is 0 Å². The minimum atomic E-state index is -4.81. The van der Waals surface area contributed by atoms with Crippen molar-refractivity contribution in [1.82, 2.24) is 0 Å². The first kappa shape index (κ1) is 25.4. The smallest absolute Gasteiger partial charge is 0.507 e. The summed E-state index contributed by atoms with van der Waals surface area (Å²) in [6.07, 6.45) is -4.70. The molecule has 0 aliphatic carbocycles. The molecule has 0 fully saturated rings. The quantitative estimate of drug-likeness (QED) is 0.269. The zero-order valence-corrected chi connectivity index (χ0v) is 19.0. The summed E-state index contributed by atoms with van der Waals surface area (Å²) in [5, 5.41) is 31.1. The van der Waals surface area contributed by atoms with Gasteiger partial charge in [-0.15, -0.1) is 13.2 Å². The molecule has 37 heavy (non-hydrogen) atoms. The van der Waals surface area contributed by atoms with Gasteiger partial charge < -0.3 is 24.8 Å². The van der Waals surface area contributed by atoms with Gasteiger partial charge in [0.2, 0.25) is 0 Å². The standard InChI is InChI=1S/C27H19F3O7/c28-27(29,30)37-20-9-3-16(4-10-20)14-36-26(35)19-8-7-18-13-23(31)22(24(32)21(18)12-19)11-15-1-5-17(6-2-15)25(33)34/h1-10,12-13,31-32H,11,14H2,(H,33,34). The fourth-order valence-electron chi connectivity index (χ4n) is 3.70. The normalized spacial score (nSPS) is 11.3. The number of hydrogen-bond donors (Lipinski definition) is 3. The van der Waals surface area contributed by atoms with Gasteiger partial charge >= 0.3 is 18.3 Å². The van der Waals surface area contributed by atoms with Crippen LogP contribution < -0.4 is 4.74 Å². The van der Waals surface area contributed by atoms with Gasteiger partial charge in [0, 0.05) is 17.4 Å². The van der Waals surface area contributed by atoms with E-state index in [0.29, 0.717) is 16.5 Å².